The van der Waals surface area contributed by atoms with Gasteiger partial charge >= 0.3 is 0 Å². The summed E-state index contributed by atoms with van der Waals surface area (Å²) in [4.78, 5) is 23.4. The number of hydrogen-bond acceptors (Lipinski definition) is 6. The van der Waals surface area contributed by atoms with Crippen molar-refractivity contribution in [2.24, 2.45) is 17.8 Å². The summed E-state index contributed by atoms with van der Waals surface area (Å²) in [5, 5.41) is 6.83. The summed E-state index contributed by atoms with van der Waals surface area (Å²) >= 11 is 0. The van der Waals surface area contributed by atoms with E-state index in [4.69, 9.17) is 9.68 Å². The minimum absolute atomic E-state index is 0.0583. The number of fused-ring (bicyclic) bond motifs is 1. The van der Waals surface area contributed by atoms with Gasteiger partial charge in [-0.3, -0.25) is 19.8 Å². The molecular formula is C18H32N4O3. The van der Waals surface area contributed by atoms with Crippen LogP contribution in [0.2, 0.25) is 0 Å². The van der Waals surface area contributed by atoms with Crippen molar-refractivity contribution >= 4 is 5.91 Å². The van der Waals surface area contributed by atoms with Crippen LogP contribution in [0.15, 0.2) is 0 Å². The lowest BCUT2D eigenvalue weighted by atomic mass is 9.73. The SMILES string of the molecule is CCC1NC(C2CCC3C(CC[C@H]3NC(=O)C3CC(C)NO3)C2)NO1. The van der Waals surface area contributed by atoms with Crippen LogP contribution in [0.1, 0.15) is 58.8 Å². The van der Waals surface area contributed by atoms with Gasteiger partial charge < -0.3 is 5.32 Å². The van der Waals surface area contributed by atoms with Crippen LogP contribution >= 0.6 is 0 Å². The summed E-state index contributed by atoms with van der Waals surface area (Å²) in [6.45, 7) is 4.17. The molecule has 4 aliphatic rings. The van der Waals surface area contributed by atoms with Crippen molar-refractivity contribution in [3.05, 3.63) is 0 Å². The Kier molecular flexibility index (Phi) is 5.29. The van der Waals surface area contributed by atoms with Gasteiger partial charge in [0.15, 0.2) is 6.10 Å². The number of amides is 1. The fraction of sp³-hybridized carbons (Fsp3) is 0.944. The quantitative estimate of drug-likeness (QED) is 0.608. The molecule has 2 heterocycles. The van der Waals surface area contributed by atoms with Crippen molar-refractivity contribution in [3.63, 3.8) is 0 Å². The molecule has 2 aliphatic carbocycles. The summed E-state index contributed by atoms with van der Waals surface area (Å²) in [6, 6.07) is 0.574. The van der Waals surface area contributed by atoms with Gasteiger partial charge in [0, 0.05) is 18.5 Å². The summed E-state index contributed by atoms with van der Waals surface area (Å²) in [7, 11) is 0. The van der Waals surface area contributed by atoms with E-state index in [9.17, 15) is 4.79 Å². The maximum Gasteiger partial charge on any atom is 0.251 e. The van der Waals surface area contributed by atoms with Crippen LogP contribution in [-0.2, 0) is 14.5 Å². The zero-order valence-electron chi connectivity index (χ0n) is 15.3. The standard InChI is InChI=1S/C18H32N4O3/c1-3-16-20-17(22-25-16)12-4-6-13-11(9-12)5-7-14(13)19-18(23)15-8-10(2)21-24-15/h10-17,20-22H,3-9H2,1-2H3,(H,19,23)/t10?,11?,12?,13?,14-,15?,16?,17?/m1/s1. The third-order valence-corrected chi connectivity index (χ3v) is 6.59. The van der Waals surface area contributed by atoms with Crippen molar-refractivity contribution in [1.82, 2.24) is 21.6 Å². The first-order valence-corrected chi connectivity index (χ1v) is 10.0. The Morgan fingerprint density at radius 2 is 1.92 bits per heavy atom. The maximum absolute atomic E-state index is 12.5. The highest BCUT2D eigenvalue weighted by Gasteiger charge is 2.44. The molecule has 4 rings (SSSR count). The second-order valence-electron chi connectivity index (χ2n) is 8.33. The normalized spacial score (nSPS) is 47.0. The van der Waals surface area contributed by atoms with Crippen LogP contribution in [-0.4, -0.2) is 36.5 Å². The first kappa shape index (κ1) is 17.7. The molecule has 1 amide bonds. The van der Waals surface area contributed by atoms with Crippen molar-refractivity contribution < 1.29 is 14.5 Å². The first-order valence-electron chi connectivity index (χ1n) is 10.0. The Labute approximate surface area is 149 Å². The van der Waals surface area contributed by atoms with Gasteiger partial charge in [-0.2, -0.15) is 11.0 Å². The van der Waals surface area contributed by atoms with E-state index in [0.717, 1.165) is 25.2 Å². The van der Waals surface area contributed by atoms with E-state index in [1.807, 2.05) is 6.92 Å². The third-order valence-electron chi connectivity index (χ3n) is 6.59. The van der Waals surface area contributed by atoms with Crippen molar-refractivity contribution in [2.75, 3.05) is 0 Å². The number of carbonyl (C=O) groups excluding carboxylic acids is 1. The fourth-order valence-corrected chi connectivity index (χ4v) is 5.18. The van der Waals surface area contributed by atoms with Gasteiger partial charge in [-0.25, -0.2) is 0 Å². The highest BCUT2D eigenvalue weighted by Crippen LogP contribution is 2.45. The Morgan fingerprint density at radius 3 is 2.64 bits per heavy atom. The molecule has 0 radical (unpaired) electrons. The molecule has 0 aromatic heterocycles. The van der Waals surface area contributed by atoms with E-state index in [1.165, 1.54) is 25.7 Å². The van der Waals surface area contributed by atoms with Crippen LogP contribution in [0, 0.1) is 17.8 Å². The minimum atomic E-state index is -0.333. The third kappa shape index (κ3) is 3.71. The highest BCUT2D eigenvalue weighted by atomic mass is 16.7. The van der Waals surface area contributed by atoms with Crippen LogP contribution in [0.5, 0.6) is 0 Å². The summed E-state index contributed by atoms with van der Waals surface area (Å²) < 4.78 is 0. The molecule has 8 atom stereocenters. The Morgan fingerprint density at radius 1 is 1.08 bits per heavy atom. The molecule has 7 heteroatoms. The highest BCUT2D eigenvalue weighted by molar-refractivity contribution is 5.81. The topological polar surface area (TPSA) is 83.7 Å². The number of carbonyl (C=O) groups is 1. The molecule has 7 nitrogen and oxygen atoms in total. The largest absolute Gasteiger partial charge is 0.351 e. The molecule has 4 fully saturated rings. The van der Waals surface area contributed by atoms with E-state index in [2.05, 4.69) is 28.5 Å². The molecule has 0 spiro atoms. The van der Waals surface area contributed by atoms with Crippen molar-refractivity contribution in [2.45, 2.75) is 89.4 Å². The fourth-order valence-electron chi connectivity index (χ4n) is 5.18. The lowest BCUT2D eigenvalue weighted by molar-refractivity contribution is -0.134. The zero-order valence-corrected chi connectivity index (χ0v) is 15.3. The van der Waals surface area contributed by atoms with E-state index in [0.29, 0.717) is 17.9 Å². The van der Waals surface area contributed by atoms with Gasteiger partial charge in [-0.05, 0) is 63.2 Å². The first-order chi connectivity index (χ1) is 12.1. The van der Waals surface area contributed by atoms with Crippen molar-refractivity contribution in [1.29, 1.82) is 0 Å². The van der Waals surface area contributed by atoms with Gasteiger partial charge in [-0.1, -0.05) is 6.92 Å². The molecule has 25 heavy (non-hydrogen) atoms. The van der Waals surface area contributed by atoms with Gasteiger partial charge in [0.25, 0.3) is 5.91 Å². The number of nitrogens with one attached hydrogen (secondary N) is 4. The molecular weight excluding hydrogens is 320 g/mol. The Balaban J connectivity index is 1.28. The minimum Gasteiger partial charge on any atom is -0.351 e. The number of hydrogen-bond donors (Lipinski definition) is 4. The molecule has 0 bridgehead atoms. The molecule has 0 aromatic carbocycles. The van der Waals surface area contributed by atoms with E-state index in [1.54, 1.807) is 0 Å². The second kappa shape index (κ2) is 7.48. The monoisotopic (exact) mass is 352 g/mol. The predicted molar refractivity (Wildman–Crippen MR) is 92.8 cm³/mol. The van der Waals surface area contributed by atoms with E-state index < -0.39 is 0 Å². The molecule has 2 aliphatic heterocycles. The number of hydroxylamine groups is 2. The average Bonchev–Trinajstić information content (AvgIpc) is 3.34. The van der Waals surface area contributed by atoms with Crippen LogP contribution < -0.4 is 21.6 Å². The smallest absolute Gasteiger partial charge is 0.251 e. The van der Waals surface area contributed by atoms with E-state index in [-0.39, 0.29) is 30.4 Å². The van der Waals surface area contributed by atoms with Gasteiger partial charge in [0.05, 0.1) is 6.17 Å². The molecule has 0 aromatic rings. The van der Waals surface area contributed by atoms with Gasteiger partial charge in [0.1, 0.15) is 6.23 Å². The van der Waals surface area contributed by atoms with Crippen molar-refractivity contribution in [3.8, 4) is 0 Å². The molecule has 2 saturated heterocycles. The Bertz CT molecular complexity index is 491. The second-order valence-corrected chi connectivity index (χ2v) is 8.33. The summed E-state index contributed by atoms with van der Waals surface area (Å²) in [6.07, 6.45) is 7.74. The predicted octanol–water partition coefficient (Wildman–Crippen LogP) is 1.17. The average molecular weight is 352 g/mol. The molecule has 142 valence electrons. The van der Waals surface area contributed by atoms with Gasteiger partial charge in [0.2, 0.25) is 0 Å². The number of rotatable bonds is 4. The lowest BCUT2D eigenvalue weighted by Gasteiger charge is -2.36. The zero-order chi connectivity index (χ0) is 17.4. The lowest BCUT2D eigenvalue weighted by Crippen LogP contribution is -2.47. The van der Waals surface area contributed by atoms with Crippen LogP contribution in [0.4, 0.5) is 0 Å². The van der Waals surface area contributed by atoms with Crippen LogP contribution in [0.3, 0.4) is 0 Å². The van der Waals surface area contributed by atoms with Gasteiger partial charge in [-0.15, -0.1) is 0 Å². The summed E-state index contributed by atoms with van der Waals surface area (Å²) in [5.41, 5.74) is 6.08. The van der Waals surface area contributed by atoms with Crippen LogP contribution in [0.25, 0.3) is 0 Å². The molecule has 2 saturated carbocycles. The Hall–Kier alpha value is -0.730. The van der Waals surface area contributed by atoms with E-state index >= 15 is 0 Å². The summed E-state index contributed by atoms with van der Waals surface area (Å²) in [5.74, 6) is 2.02. The molecule has 7 unspecified atom stereocenters. The molecule has 4 N–H and O–H groups in total. The maximum atomic E-state index is 12.5.